The second-order valence-electron chi connectivity index (χ2n) is 4.82. The summed E-state index contributed by atoms with van der Waals surface area (Å²) in [7, 11) is 0. The minimum absolute atomic E-state index is 0.0673. The lowest BCUT2D eigenvalue weighted by molar-refractivity contribution is 0.628. The average molecular weight is 328 g/mol. The van der Waals surface area contributed by atoms with Crippen molar-refractivity contribution in [3.63, 3.8) is 0 Å². The van der Waals surface area contributed by atoms with E-state index in [1.165, 1.54) is 34.8 Å². The molecule has 3 nitrogen and oxygen atoms in total. The van der Waals surface area contributed by atoms with Crippen LogP contribution in [0.15, 0.2) is 47.3 Å². The fraction of sp³-hybridized carbons (Fsp3) is 0. The van der Waals surface area contributed by atoms with Crippen molar-refractivity contribution in [2.45, 2.75) is 0 Å². The number of anilines is 1. The maximum Gasteiger partial charge on any atom is 0.190 e. The van der Waals surface area contributed by atoms with Gasteiger partial charge >= 0.3 is 0 Å². The van der Waals surface area contributed by atoms with E-state index >= 15 is 0 Å². The minimum atomic E-state index is -0.293. The number of hydrogen-bond acceptors (Lipinski definition) is 5. The minimum Gasteiger partial charge on any atom is -0.375 e. The van der Waals surface area contributed by atoms with Crippen LogP contribution in [-0.4, -0.2) is 4.98 Å². The van der Waals surface area contributed by atoms with Gasteiger partial charge in [-0.15, -0.1) is 11.3 Å². The summed E-state index contributed by atoms with van der Waals surface area (Å²) in [6, 6.07) is 11.5. The number of hydrogen-bond donors (Lipinski definition) is 1. The summed E-state index contributed by atoms with van der Waals surface area (Å²) in [4.78, 5) is 17.6. The van der Waals surface area contributed by atoms with Crippen LogP contribution in [0.4, 0.5) is 9.52 Å². The summed E-state index contributed by atoms with van der Waals surface area (Å²) >= 11 is 2.82. The summed E-state index contributed by atoms with van der Waals surface area (Å²) in [5, 5.41) is 1.11. The van der Waals surface area contributed by atoms with Crippen LogP contribution >= 0.6 is 22.7 Å². The molecule has 0 unspecified atom stereocenters. The van der Waals surface area contributed by atoms with E-state index in [1.54, 1.807) is 18.2 Å². The number of halogens is 1. The van der Waals surface area contributed by atoms with E-state index in [9.17, 15) is 9.18 Å². The van der Waals surface area contributed by atoms with Gasteiger partial charge in [-0.3, -0.25) is 4.79 Å². The van der Waals surface area contributed by atoms with Crippen molar-refractivity contribution in [1.82, 2.24) is 4.98 Å². The molecule has 0 saturated heterocycles. The molecule has 0 amide bonds. The Morgan fingerprint density at radius 2 is 1.82 bits per heavy atom. The van der Waals surface area contributed by atoms with Gasteiger partial charge in [0.25, 0.3) is 0 Å². The number of benzene rings is 2. The summed E-state index contributed by atoms with van der Waals surface area (Å²) in [6.07, 6.45) is 0. The van der Waals surface area contributed by atoms with Crippen LogP contribution in [0, 0.1) is 5.82 Å². The lowest BCUT2D eigenvalue weighted by Crippen LogP contribution is -1.99. The van der Waals surface area contributed by atoms with Gasteiger partial charge in [0, 0.05) is 15.6 Å². The molecule has 0 aliphatic carbocycles. The highest BCUT2D eigenvalue weighted by atomic mass is 32.1. The van der Waals surface area contributed by atoms with Gasteiger partial charge in [-0.05, 0) is 29.8 Å². The van der Waals surface area contributed by atoms with Crippen LogP contribution in [-0.2, 0) is 0 Å². The Morgan fingerprint density at radius 1 is 1.05 bits per heavy atom. The summed E-state index contributed by atoms with van der Waals surface area (Å²) in [6.45, 7) is 0. The Bertz CT molecular complexity index is 1070. The number of nitrogens with zero attached hydrogens (tertiary/aromatic N) is 1. The van der Waals surface area contributed by atoms with Gasteiger partial charge in [0.05, 0.1) is 15.6 Å². The lowest BCUT2D eigenvalue weighted by atomic mass is 10.1. The molecule has 0 saturated carbocycles. The van der Waals surface area contributed by atoms with Crippen LogP contribution in [0.2, 0.25) is 0 Å². The smallest absolute Gasteiger partial charge is 0.190 e. The van der Waals surface area contributed by atoms with Gasteiger partial charge in [-0.2, -0.15) is 0 Å². The number of nitrogen functional groups attached to an aromatic ring is 1. The molecule has 4 aromatic rings. The van der Waals surface area contributed by atoms with Gasteiger partial charge < -0.3 is 5.73 Å². The Balaban J connectivity index is 2.03. The van der Waals surface area contributed by atoms with Crippen LogP contribution in [0.1, 0.15) is 0 Å². The molecule has 22 heavy (non-hydrogen) atoms. The summed E-state index contributed by atoms with van der Waals surface area (Å²) in [5.74, 6) is -0.293. The molecule has 2 aromatic heterocycles. The van der Waals surface area contributed by atoms with E-state index in [4.69, 9.17) is 5.73 Å². The fourth-order valence-electron chi connectivity index (χ4n) is 2.41. The molecule has 6 heteroatoms. The van der Waals surface area contributed by atoms with Crippen LogP contribution in [0.3, 0.4) is 0 Å². The van der Waals surface area contributed by atoms with Gasteiger partial charge in [0.1, 0.15) is 5.82 Å². The average Bonchev–Trinajstić information content (AvgIpc) is 2.87. The number of thiazole rings is 1. The molecule has 0 fully saturated rings. The predicted molar refractivity (Wildman–Crippen MR) is 91.1 cm³/mol. The largest absolute Gasteiger partial charge is 0.375 e. The Hall–Kier alpha value is -2.31. The highest BCUT2D eigenvalue weighted by Gasteiger charge is 2.11. The highest BCUT2D eigenvalue weighted by Crippen LogP contribution is 2.34. The van der Waals surface area contributed by atoms with Crippen LogP contribution in [0.5, 0.6) is 0 Å². The van der Waals surface area contributed by atoms with E-state index in [-0.39, 0.29) is 11.2 Å². The first kappa shape index (κ1) is 13.4. The topological polar surface area (TPSA) is 56.0 Å². The molecule has 2 aromatic carbocycles. The van der Waals surface area contributed by atoms with Crippen LogP contribution < -0.4 is 11.2 Å². The molecule has 0 bridgehead atoms. The Morgan fingerprint density at radius 3 is 2.59 bits per heavy atom. The highest BCUT2D eigenvalue weighted by molar-refractivity contribution is 7.25. The normalized spacial score (nSPS) is 11.3. The van der Waals surface area contributed by atoms with Crippen LogP contribution in [0.25, 0.3) is 30.7 Å². The Kier molecular flexibility index (Phi) is 2.95. The molecule has 0 aliphatic rings. The molecule has 0 aliphatic heterocycles. The first-order valence-electron chi connectivity index (χ1n) is 6.50. The van der Waals surface area contributed by atoms with E-state index in [0.717, 1.165) is 25.4 Å². The first-order valence-corrected chi connectivity index (χ1v) is 8.14. The SMILES string of the molecule is Nc1nc2ccc3sc(-c4ccc(F)cc4)cc(=O)c3c2s1. The summed E-state index contributed by atoms with van der Waals surface area (Å²) in [5.41, 5.74) is 7.25. The molecule has 2 N–H and O–H groups in total. The van der Waals surface area contributed by atoms with Gasteiger partial charge in [0.15, 0.2) is 10.6 Å². The zero-order valence-corrected chi connectivity index (χ0v) is 12.8. The number of nitrogens with two attached hydrogens (primary N) is 1. The predicted octanol–water partition coefficient (Wildman–Crippen LogP) is 4.26. The van der Waals surface area contributed by atoms with Crippen molar-refractivity contribution in [1.29, 1.82) is 0 Å². The van der Waals surface area contributed by atoms with Crippen molar-refractivity contribution in [3.05, 3.63) is 58.5 Å². The van der Waals surface area contributed by atoms with Gasteiger partial charge in [0.2, 0.25) is 0 Å². The second kappa shape index (κ2) is 4.86. The molecular formula is C16H9FN2OS2. The lowest BCUT2D eigenvalue weighted by Gasteiger charge is -2.03. The molecule has 2 heterocycles. The molecule has 0 radical (unpaired) electrons. The van der Waals surface area contributed by atoms with E-state index in [0.29, 0.717) is 10.5 Å². The van der Waals surface area contributed by atoms with Gasteiger partial charge in [-0.1, -0.05) is 23.5 Å². The molecule has 0 spiro atoms. The van der Waals surface area contributed by atoms with Crippen molar-refractivity contribution in [2.24, 2.45) is 0 Å². The van der Waals surface area contributed by atoms with E-state index < -0.39 is 0 Å². The van der Waals surface area contributed by atoms with E-state index in [1.807, 2.05) is 12.1 Å². The number of rotatable bonds is 1. The number of aromatic nitrogens is 1. The Labute approximate surface area is 132 Å². The third-order valence-corrected chi connectivity index (χ3v) is 5.44. The van der Waals surface area contributed by atoms with Crippen molar-refractivity contribution < 1.29 is 4.39 Å². The quantitative estimate of drug-likeness (QED) is 0.568. The summed E-state index contributed by atoms with van der Waals surface area (Å²) < 4.78 is 14.7. The fourth-order valence-corrected chi connectivity index (χ4v) is 4.45. The third-order valence-electron chi connectivity index (χ3n) is 3.39. The first-order chi connectivity index (χ1) is 10.6. The maximum atomic E-state index is 13.0. The zero-order valence-electron chi connectivity index (χ0n) is 11.2. The maximum absolute atomic E-state index is 13.0. The molecular weight excluding hydrogens is 319 g/mol. The molecule has 4 rings (SSSR count). The van der Waals surface area contributed by atoms with E-state index in [2.05, 4.69) is 4.98 Å². The van der Waals surface area contributed by atoms with Crippen molar-refractivity contribution >= 4 is 48.1 Å². The molecule has 108 valence electrons. The standard InChI is InChI=1S/C16H9FN2OS2/c17-9-3-1-8(2-4-9)13-7-11(20)14-12(21-13)6-5-10-15(14)22-16(18)19-10/h1-7H,(H2,18,19). The van der Waals surface area contributed by atoms with Crippen molar-refractivity contribution in [3.8, 4) is 10.4 Å². The molecule has 0 atom stereocenters. The zero-order chi connectivity index (χ0) is 15.3. The van der Waals surface area contributed by atoms with Crippen molar-refractivity contribution in [2.75, 3.05) is 5.73 Å². The second-order valence-corrected chi connectivity index (χ2v) is 6.94. The van der Waals surface area contributed by atoms with Gasteiger partial charge in [-0.25, -0.2) is 9.37 Å². The number of fused-ring (bicyclic) bond motifs is 3. The monoisotopic (exact) mass is 328 g/mol. The third kappa shape index (κ3) is 2.08.